The van der Waals surface area contributed by atoms with Gasteiger partial charge in [0.2, 0.25) is 17.7 Å². The zero-order valence-corrected chi connectivity index (χ0v) is 19.6. The first kappa shape index (κ1) is 23.1. The highest BCUT2D eigenvalue weighted by atomic mass is 32.2. The molecule has 0 aliphatic carbocycles. The normalized spacial score (nSPS) is 32.8. The highest BCUT2D eigenvalue weighted by Crippen LogP contribution is 2.68. The third kappa shape index (κ3) is 3.71. The van der Waals surface area contributed by atoms with Crippen LogP contribution < -0.4 is 10.6 Å². The molecule has 0 aromatic heterocycles. The molecule has 174 valence electrons. The molecule has 3 heterocycles. The van der Waals surface area contributed by atoms with E-state index in [2.05, 4.69) is 24.5 Å². The number of hydrogen-bond acceptors (Lipinski definition) is 5. The molecule has 4 rings (SSSR count). The van der Waals surface area contributed by atoms with Crippen molar-refractivity contribution in [3.05, 3.63) is 35.9 Å². The number of carbonyl (C=O) groups excluding carboxylic acids is 3. The molecular formula is C24H33N3O4S. The van der Waals surface area contributed by atoms with Gasteiger partial charge in [0.05, 0.1) is 23.2 Å². The summed E-state index contributed by atoms with van der Waals surface area (Å²) in [4.78, 5) is 41.7. The summed E-state index contributed by atoms with van der Waals surface area (Å²) in [5.41, 5.74) is 1.01. The number of rotatable bonds is 9. The summed E-state index contributed by atoms with van der Waals surface area (Å²) < 4.78 is -0.623. The second-order valence-electron chi connectivity index (χ2n) is 9.16. The van der Waals surface area contributed by atoms with Crippen LogP contribution in [0.25, 0.3) is 0 Å². The summed E-state index contributed by atoms with van der Waals surface area (Å²) in [6.45, 7) is 5.04. The van der Waals surface area contributed by atoms with Gasteiger partial charge in [0.25, 0.3) is 0 Å². The number of hydrogen-bond donors (Lipinski definition) is 3. The summed E-state index contributed by atoms with van der Waals surface area (Å²) >= 11 is 1.66. The zero-order chi connectivity index (χ0) is 22.9. The molecule has 3 amide bonds. The Morgan fingerprint density at radius 2 is 1.97 bits per heavy atom. The smallest absolute Gasteiger partial charge is 0.244 e. The van der Waals surface area contributed by atoms with E-state index in [0.717, 1.165) is 24.8 Å². The number of amides is 3. The van der Waals surface area contributed by atoms with E-state index in [1.54, 1.807) is 11.8 Å². The van der Waals surface area contributed by atoms with Gasteiger partial charge in [-0.15, -0.1) is 11.8 Å². The van der Waals surface area contributed by atoms with Gasteiger partial charge in [-0.2, -0.15) is 0 Å². The summed E-state index contributed by atoms with van der Waals surface area (Å²) in [6.07, 6.45) is 2.65. The molecule has 3 N–H and O–H groups in total. The Morgan fingerprint density at radius 1 is 1.22 bits per heavy atom. The highest BCUT2D eigenvalue weighted by molar-refractivity contribution is 8.02. The van der Waals surface area contributed by atoms with Gasteiger partial charge in [-0.1, -0.05) is 50.6 Å². The number of thioether (sulfide) groups is 1. The summed E-state index contributed by atoms with van der Waals surface area (Å²) in [7, 11) is 0. The molecule has 32 heavy (non-hydrogen) atoms. The minimum atomic E-state index is -0.652. The van der Waals surface area contributed by atoms with Crippen molar-refractivity contribution in [3.8, 4) is 0 Å². The molecule has 3 aliphatic heterocycles. The molecule has 3 unspecified atom stereocenters. The van der Waals surface area contributed by atoms with Crippen molar-refractivity contribution >= 4 is 29.5 Å². The van der Waals surface area contributed by atoms with Gasteiger partial charge < -0.3 is 20.6 Å². The lowest BCUT2D eigenvalue weighted by Crippen LogP contribution is -2.56. The second-order valence-corrected chi connectivity index (χ2v) is 10.7. The first-order valence-electron chi connectivity index (χ1n) is 11.6. The molecule has 2 bridgehead atoms. The fourth-order valence-electron chi connectivity index (χ4n) is 5.86. The number of unbranched alkanes of at least 4 members (excludes halogenated alkanes) is 1. The van der Waals surface area contributed by atoms with Crippen LogP contribution in [-0.2, 0) is 20.9 Å². The third-order valence-corrected chi connectivity index (χ3v) is 9.35. The number of β-amino-alcohol motifs (C(OH)–C–C–N with tert-alkyl or cyclic N) is 1. The molecule has 8 heteroatoms. The van der Waals surface area contributed by atoms with E-state index in [4.69, 9.17) is 0 Å². The van der Waals surface area contributed by atoms with Crippen LogP contribution >= 0.6 is 11.8 Å². The lowest BCUT2D eigenvalue weighted by molar-refractivity contribution is -0.140. The van der Waals surface area contributed by atoms with Crippen LogP contribution in [0.2, 0.25) is 0 Å². The summed E-state index contributed by atoms with van der Waals surface area (Å²) in [6, 6.07) is 9.06. The largest absolute Gasteiger partial charge is 0.395 e. The number of aliphatic hydroxyl groups is 1. The van der Waals surface area contributed by atoms with Crippen LogP contribution in [0.15, 0.2) is 30.3 Å². The van der Waals surface area contributed by atoms with E-state index in [1.165, 1.54) is 4.90 Å². The van der Waals surface area contributed by atoms with Crippen LogP contribution in [-0.4, -0.2) is 63.5 Å². The average Bonchev–Trinajstić information content (AvgIpc) is 3.37. The Balaban J connectivity index is 1.59. The SMILES string of the molecule is CCCCNC(=O)C1N(CCO)C(=O)[C@@H]2[C@H](C(=O)NCc3ccccc3)[C@@H]3CC(C)C12S3. The van der Waals surface area contributed by atoms with Crippen molar-refractivity contribution < 1.29 is 19.5 Å². The number of benzene rings is 1. The first-order valence-corrected chi connectivity index (χ1v) is 12.5. The number of nitrogens with one attached hydrogen (secondary N) is 2. The van der Waals surface area contributed by atoms with Crippen molar-refractivity contribution in [3.63, 3.8) is 0 Å². The second kappa shape index (κ2) is 9.43. The van der Waals surface area contributed by atoms with E-state index in [9.17, 15) is 19.5 Å². The maximum Gasteiger partial charge on any atom is 0.244 e. The van der Waals surface area contributed by atoms with E-state index in [-0.39, 0.29) is 42.0 Å². The van der Waals surface area contributed by atoms with E-state index >= 15 is 0 Å². The summed E-state index contributed by atoms with van der Waals surface area (Å²) in [5, 5.41) is 15.7. The molecule has 6 atom stereocenters. The molecule has 3 fully saturated rings. The number of fused-ring (bicyclic) bond motifs is 1. The molecule has 0 saturated carbocycles. The molecule has 1 spiro atoms. The minimum absolute atomic E-state index is 0.0249. The Bertz CT molecular complexity index is 866. The Morgan fingerprint density at radius 3 is 2.66 bits per heavy atom. The number of carbonyl (C=O) groups is 3. The minimum Gasteiger partial charge on any atom is -0.395 e. The van der Waals surface area contributed by atoms with Crippen molar-refractivity contribution in [1.29, 1.82) is 0 Å². The Labute approximate surface area is 193 Å². The summed E-state index contributed by atoms with van der Waals surface area (Å²) in [5.74, 6) is -1.30. The van der Waals surface area contributed by atoms with Gasteiger partial charge in [0.1, 0.15) is 6.04 Å². The van der Waals surface area contributed by atoms with Crippen LogP contribution in [0.1, 0.15) is 38.7 Å². The van der Waals surface area contributed by atoms with Gasteiger partial charge in [0.15, 0.2) is 0 Å². The average molecular weight is 460 g/mol. The molecule has 3 saturated heterocycles. The van der Waals surface area contributed by atoms with Crippen LogP contribution in [0.4, 0.5) is 0 Å². The molecule has 1 aromatic rings. The number of likely N-dealkylation sites (tertiary alicyclic amines) is 1. The Kier molecular flexibility index (Phi) is 6.81. The van der Waals surface area contributed by atoms with Gasteiger partial charge in [-0.05, 0) is 24.3 Å². The molecule has 0 radical (unpaired) electrons. The maximum absolute atomic E-state index is 13.6. The van der Waals surface area contributed by atoms with Crippen molar-refractivity contribution in [1.82, 2.24) is 15.5 Å². The van der Waals surface area contributed by atoms with Crippen LogP contribution in [0.3, 0.4) is 0 Å². The van der Waals surface area contributed by atoms with E-state index in [1.807, 2.05) is 30.3 Å². The molecule has 3 aliphatic rings. The van der Waals surface area contributed by atoms with Crippen LogP contribution in [0, 0.1) is 17.8 Å². The van der Waals surface area contributed by atoms with Gasteiger partial charge in [-0.3, -0.25) is 14.4 Å². The topological polar surface area (TPSA) is 98.7 Å². The van der Waals surface area contributed by atoms with E-state index < -0.39 is 22.6 Å². The monoisotopic (exact) mass is 459 g/mol. The lowest BCUT2D eigenvalue weighted by atomic mass is 9.66. The lowest BCUT2D eigenvalue weighted by Gasteiger charge is -2.38. The van der Waals surface area contributed by atoms with Gasteiger partial charge >= 0.3 is 0 Å². The molecule has 1 aromatic carbocycles. The highest BCUT2D eigenvalue weighted by Gasteiger charge is 2.75. The number of aliphatic hydroxyl groups excluding tert-OH is 1. The van der Waals surface area contributed by atoms with Crippen molar-refractivity contribution in [2.45, 2.75) is 55.7 Å². The standard InChI is InChI=1S/C24H33N3O4S/c1-3-4-10-25-22(30)20-24-15(2)13-17(32-24)18(19(24)23(31)27(20)11-12-28)21(29)26-14-16-8-6-5-7-9-16/h5-9,15,17-20,28H,3-4,10-14H2,1-2H3,(H,25,30)(H,26,29)/t15?,17-,18+,19-,20?,24?/m0/s1. The van der Waals surface area contributed by atoms with Crippen molar-refractivity contribution in [2.24, 2.45) is 17.8 Å². The fraction of sp³-hybridized carbons (Fsp3) is 0.625. The third-order valence-electron chi connectivity index (χ3n) is 7.28. The Hall–Kier alpha value is -2.06. The van der Waals surface area contributed by atoms with Crippen LogP contribution in [0.5, 0.6) is 0 Å². The first-order chi connectivity index (χ1) is 15.5. The quantitative estimate of drug-likeness (QED) is 0.487. The van der Waals surface area contributed by atoms with Gasteiger partial charge in [-0.25, -0.2) is 0 Å². The van der Waals surface area contributed by atoms with Crippen molar-refractivity contribution in [2.75, 3.05) is 19.7 Å². The fourth-order valence-corrected chi connectivity index (χ4v) is 8.28. The van der Waals surface area contributed by atoms with E-state index in [0.29, 0.717) is 13.1 Å². The van der Waals surface area contributed by atoms with Gasteiger partial charge in [0, 0.05) is 24.9 Å². The molecule has 7 nitrogen and oxygen atoms in total. The number of nitrogens with zero attached hydrogens (tertiary/aromatic N) is 1. The molecular weight excluding hydrogens is 426 g/mol. The maximum atomic E-state index is 13.6. The zero-order valence-electron chi connectivity index (χ0n) is 18.8. The predicted molar refractivity (Wildman–Crippen MR) is 124 cm³/mol. The predicted octanol–water partition coefficient (Wildman–Crippen LogP) is 1.55.